The fourth-order valence-corrected chi connectivity index (χ4v) is 1.73. The molecule has 0 unspecified atom stereocenters. The number of carbonyl (C=O) groups excluding carboxylic acids is 1. The van der Waals surface area contributed by atoms with Crippen molar-refractivity contribution >= 4 is 28.2 Å². The van der Waals surface area contributed by atoms with Crippen LogP contribution in [0.2, 0.25) is 0 Å². The highest BCUT2D eigenvalue weighted by Crippen LogP contribution is 2.19. The highest BCUT2D eigenvalue weighted by molar-refractivity contribution is 7.13. The van der Waals surface area contributed by atoms with E-state index in [1.165, 1.54) is 17.5 Å². The van der Waals surface area contributed by atoms with Crippen LogP contribution in [0, 0.1) is 0 Å². The van der Waals surface area contributed by atoms with Gasteiger partial charge in [0.1, 0.15) is 5.69 Å². The first kappa shape index (κ1) is 10.3. The number of nitrogens with zero attached hydrogens (tertiary/aromatic N) is 3. The van der Waals surface area contributed by atoms with Gasteiger partial charge in [-0.1, -0.05) is 0 Å². The molecule has 0 atom stereocenters. The lowest BCUT2D eigenvalue weighted by Crippen LogP contribution is -2.21. The molecule has 0 aliphatic rings. The van der Waals surface area contributed by atoms with E-state index in [1.54, 1.807) is 11.6 Å². The van der Waals surface area contributed by atoms with Gasteiger partial charge in [0.05, 0.1) is 0 Å². The summed E-state index contributed by atoms with van der Waals surface area (Å²) in [4.78, 5) is 26.0. The molecule has 0 spiro atoms. The molecule has 16 heavy (non-hydrogen) atoms. The quantitative estimate of drug-likeness (QED) is 0.393. The largest absolute Gasteiger partial charge is 0.370 e. The molecule has 2 aromatic rings. The number of aliphatic imine (C=N–C) groups is 1. The van der Waals surface area contributed by atoms with Crippen LogP contribution in [0.15, 0.2) is 22.8 Å². The van der Waals surface area contributed by atoms with E-state index >= 15 is 0 Å². The number of hydrogen-bond acceptors (Lipinski definition) is 5. The number of guanidine groups is 1. The fraction of sp³-hybridized carbons (Fsp3) is 0. The summed E-state index contributed by atoms with van der Waals surface area (Å²) in [5.74, 6) is -0.147. The van der Waals surface area contributed by atoms with Crippen molar-refractivity contribution in [2.75, 3.05) is 0 Å². The van der Waals surface area contributed by atoms with Crippen molar-refractivity contribution in [2.24, 2.45) is 16.5 Å². The number of hydrogen-bond donors (Lipinski definition) is 3. The first-order valence-electron chi connectivity index (χ1n) is 4.26. The number of aromatic amines is 1. The van der Waals surface area contributed by atoms with Crippen LogP contribution in [0.25, 0.3) is 0 Å². The van der Waals surface area contributed by atoms with Crippen LogP contribution in [0.5, 0.6) is 0 Å². The molecule has 0 aliphatic carbocycles. The number of nitrogens with one attached hydrogen (secondary N) is 1. The minimum atomic E-state index is -0.293. The van der Waals surface area contributed by atoms with E-state index in [-0.39, 0.29) is 23.3 Å². The summed E-state index contributed by atoms with van der Waals surface area (Å²) < 4.78 is 0. The normalized spacial score (nSPS) is 10.0. The second-order valence-corrected chi connectivity index (χ2v) is 3.66. The number of rotatable bonds is 3. The summed E-state index contributed by atoms with van der Waals surface area (Å²) >= 11 is 1.18. The van der Waals surface area contributed by atoms with Crippen molar-refractivity contribution in [1.29, 1.82) is 0 Å². The SMILES string of the molecule is NC(N)=Nc1nc(C(=O)c2ncc[nH]2)cs1. The Hall–Kier alpha value is -2.22. The van der Waals surface area contributed by atoms with Gasteiger partial charge in [-0.15, -0.1) is 11.3 Å². The van der Waals surface area contributed by atoms with Gasteiger partial charge in [0.2, 0.25) is 10.9 Å². The van der Waals surface area contributed by atoms with Gasteiger partial charge in [-0.2, -0.15) is 4.99 Å². The van der Waals surface area contributed by atoms with Crippen LogP contribution in [0.1, 0.15) is 16.3 Å². The van der Waals surface area contributed by atoms with E-state index in [1.807, 2.05) is 0 Å². The predicted octanol–water partition coefficient (Wildman–Crippen LogP) is 0.00210. The molecule has 0 radical (unpaired) electrons. The number of imidazole rings is 1. The van der Waals surface area contributed by atoms with E-state index in [0.29, 0.717) is 5.13 Å². The maximum absolute atomic E-state index is 11.7. The third-order valence-electron chi connectivity index (χ3n) is 1.66. The average molecular weight is 236 g/mol. The zero-order valence-electron chi connectivity index (χ0n) is 8.04. The van der Waals surface area contributed by atoms with Crippen molar-refractivity contribution < 1.29 is 4.79 Å². The Bertz CT molecular complexity index is 524. The lowest BCUT2D eigenvalue weighted by Gasteiger charge is -1.90. The van der Waals surface area contributed by atoms with Crippen LogP contribution in [-0.2, 0) is 0 Å². The molecule has 5 N–H and O–H groups in total. The molecule has 0 bridgehead atoms. The monoisotopic (exact) mass is 236 g/mol. The molecule has 7 nitrogen and oxygen atoms in total. The number of H-pyrrole nitrogens is 1. The summed E-state index contributed by atoms with van der Waals surface area (Å²) in [7, 11) is 0. The minimum absolute atomic E-state index is 0.0913. The third-order valence-corrected chi connectivity index (χ3v) is 2.40. The molecule has 2 heterocycles. The van der Waals surface area contributed by atoms with Crippen molar-refractivity contribution in [3.63, 3.8) is 0 Å². The summed E-state index contributed by atoms with van der Waals surface area (Å²) in [5, 5.41) is 1.92. The van der Waals surface area contributed by atoms with E-state index < -0.39 is 0 Å². The van der Waals surface area contributed by atoms with Crippen molar-refractivity contribution in [3.8, 4) is 0 Å². The van der Waals surface area contributed by atoms with Gasteiger partial charge in [-0.25, -0.2) is 9.97 Å². The molecule has 0 saturated carbocycles. The highest BCUT2D eigenvalue weighted by atomic mass is 32.1. The van der Waals surface area contributed by atoms with Gasteiger partial charge >= 0.3 is 0 Å². The van der Waals surface area contributed by atoms with Crippen LogP contribution in [0.3, 0.4) is 0 Å². The molecular weight excluding hydrogens is 228 g/mol. The molecule has 0 fully saturated rings. The third kappa shape index (κ3) is 2.06. The average Bonchev–Trinajstić information content (AvgIpc) is 2.84. The predicted molar refractivity (Wildman–Crippen MR) is 59.6 cm³/mol. The second kappa shape index (κ2) is 4.11. The van der Waals surface area contributed by atoms with Crippen molar-refractivity contribution in [3.05, 3.63) is 29.3 Å². The summed E-state index contributed by atoms with van der Waals surface area (Å²) in [5.41, 5.74) is 10.7. The maximum atomic E-state index is 11.7. The Kier molecular flexibility index (Phi) is 2.64. The molecule has 0 amide bonds. The van der Waals surface area contributed by atoms with Crippen LogP contribution >= 0.6 is 11.3 Å². The maximum Gasteiger partial charge on any atom is 0.247 e. The summed E-state index contributed by atoms with van der Waals surface area (Å²) in [6, 6.07) is 0. The minimum Gasteiger partial charge on any atom is -0.370 e. The topological polar surface area (TPSA) is 123 Å². The van der Waals surface area contributed by atoms with Gasteiger partial charge < -0.3 is 16.5 Å². The molecule has 0 aliphatic heterocycles. The fourth-order valence-electron chi connectivity index (χ4n) is 1.04. The van der Waals surface area contributed by atoms with Crippen LogP contribution in [0.4, 0.5) is 5.13 Å². The van der Waals surface area contributed by atoms with E-state index in [0.717, 1.165) is 0 Å². The molecule has 82 valence electrons. The van der Waals surface area contributed by atoms with E-state index in [9.17, 15) is 4.79 Å². The highest BCUT2D eigenvalue weighted by Gasteiger charge is 2.14. The Morgan fingerprint density at radius 1 is 1.50 bits per heavy atom. The molecule has 0 saturated heterocycles. The van der Waals surface area contributed by atoms with E-state index in [2.05, 4.69) is 19.9 Å². The summed E-state index contributed by atoms with van der Waals surface area (Å²) in [6.45, 7) is 0. The second-order valence-electron chi connectivity index (χ2n) is 2.82. The van der Waals surface area contributed by atoms with Crippen molar-refractivity contribution in [1.82, 2.24) is 15.0 Å². The zero-order valence-corrected chi connectivity index (χ0v) is 8.86. The Morgan fingerprint density at radius 3 is 2.94 bits per heavy atom. The molecule has 2 rings (SSSR count). The van der Waals surface area contributed by atoms with Gasteiger partial charge in [0, 0.05) is 17.8 Å². The first-order chi connectivity index (χ1) is 7.66. The number of aromatic nitrogens is 3. The Labute approximate surface area is 94.2 Å². The standard InChI is InChI=1S/C8H8N6OS/c9-7(10)14-8-13-4(3-16-8)5(15)6-11-1-2-12-6/h1-3H,(H,11,12)(H4,9,10,13,14). The molecular formula is C8H8N6OS. The number of nitrogens with two attached hydrogens (primary N) is 2. The molecule has 8 heteroatoms. The van der Waals surface area contributed by atoms with Gasteiger partial charge in [0.25, 0.3) is 0 Å². The zero-order chi connectivity index (χ0) is 11.5. The van der Waals surface area contributed by atoms with Gasteiger partial charge in [-0.05, 0) is 0 Å². The molecule has 2 aromatic heterocycles. The van der Waals surface area contributed by atoms with Gasteiger partial charge in [-0.3, -0.25) is 4.79 Å². The molecule has 0 aromatic carbocycles. The Morgan fingerprint density at radius 2 is 2.31 bits per heavy atom. The van der Waals surface area contributed by atoms with Crippen molar-refractivity contribution in [2.45, 2.75) is 0 Å². The van der Waals surface area contributed by atoms with Crippen LogP contribution in [-0.4, -0.2) is 26.7 Å². The van der Waals surface area contributed by atoms with Crippen LogP contribution < -0.4 is 11.5 Å². The van der Waals surface area contributed by atoms with E-state index in [4.69, 9.17) is 11.5 Å². The smallest absolute Gasteiger partial charge is 0.247 e. The lowest BCUT2D eigenvalue weighted by atomic mass is 10.3. The lowest BCUT2D eigenvalue weighted by molar-refractivity contribution is 0.102. The number of carbonyl (C=O) groups is 1. The van der Waals surface area contributed by atoms with Gasteiger partial charge in [0.15, 0.2) is 11.8 Å². The summed E-state index contributed by atoms with van der Waals surface area (Å²) in [6.07, 6.45) is 3.06. The Balaban J connectivity index is 2.26. The number of thiazole rings is 1. The number of ketones is 1. The first-order valence-corrected chi connectivity index (χ1v) is 5.14.